The Hall–Kier alpha value is -4.29. The lowest BCUT2D eigenvalue weighted by Gasteiger charge is -2.34. The monoisotopic (exact) mass is 624 g/mol. The van der Waals surface area contributed by atoms with Crippen molar-refractivity contribution < 1.29 is 32.6 Å². The number of sulfonamides is 1. The summed E-state index contributed by atoms with van der Waals surface area (Å²) in [5.41, 5.74) is 2.30. The average molecular weight is 625 g/mol. The SMILES string of the molecule is COc1ccc(NC(=O)N(C)C[C@@H]2Oc3ccc(NS(=O)(=O)c4ccc(C)cc4)cc3CC(=O)N([C@H](C)CO)C[C@H]2C)cc1. The summed E-state index contributed by atoms with van der Waals surface area (Å²) in [5, 5.41) is 12.8. The molecule has 1 heterocycles. The first kappa shape index (κ1) is 32.6. The van der Waals surface area contributed by atoms with Gasteiger partial charge in [-0.1, -0.05) is 24.6 Å². The highest BCUT2D eigenvalue weighted by molar-refractivity contribution is 7.92. The number of aliphatic hydroxyl groups is 1. The van der Waals surface area contributed by atoms with Crippen LogP contribution < -0.4 is 19.5 Å². The van der Waals surface area contributed by atoms with Gasteiger partial charge >= 0.3 is 6.03 Å². The van der Waals surface area contributed by atoms with Gasteiger partial charge in [0.05, 0.1) is 37.6 Å². The van der Waals surface area contributed by atoms with Gasteiger partial charge in [-0.2, -0.15) is 0 Å². The Morgan fingerprint density at radius 3 is 2.41 bits per heavy atom. The van der Waals surface area contributed by atoms with Gasteiger partial charge < -0.3 is 29.7 Å². The van der Waals surface area contributed by atoms with Gasteiger partial charge in [0.15, 0.2) is 0 Å². The molecule has 4 rings (SSSR count). The van der Waals surface area contributed by atoms with Gasteiger partial charge in [0.25, 0.3) is 10.0 Å². The minimum atomic E-state index is -3.87. The summed E-state index contributed by atoms with van der Waals surface area (Å²) < 4.78 is 40.3. The van der Waals surface area contributed by atoms with Crippen LogP contribution in [-0.2, 0) is 21.2 Å². The van der Waals surface area contributed by atoms with Crippen molar-refractivity contribution in [3.05, 3.63) is 77.9 Å². The van der Waals surface area contributed by atoms with E-state index in [-0.39, 0.29) is 48.0 Å². The van der Waals surface area contributed by atoms with Gasteiger partial charge in [-0.3, -0.25) is 9.52 Å². The van der Waals surface area contributed by atoms with Crippen molar-refractivity contribution in [2.24, 2.45) is 5.92 Å². The molecule has 0 fully saturated rings. The van der Waals surface area contributed by atoms with Crippen LogP contribution in [0.25, 0.3) is 0 Å². The molecule has 0 unspecified atom stereocenters. The maximum Gasteiger partial charge on any atom is 0.321 e. The van der Waals surface area contributed by atoms with E-state index in [0.717, 1.165) is 5.56 Å². The number of likely N-dealkylation sites (N-methyl/N-ethyl adjacent to an activating group) is 1. The minimum absolute atomic E-state index is 0.0625. The van der Waals surface area contributed by atoms with Crippen LogP contribution in [0.5, 0.6) is 11.5 Å². The third-order valence-corrected chi connectivity index (χ3v) is 9.04. The fraction of sp³-hybridized carbons (Fsp3) is 0.375. The predicted octanol–water partition coefficient (Wildman–Crippen LogP) is 4.12. The van der Waals surface area contributed by atoms with Crippen molar-refractivity contribution in [2.75, 3.05) is 43.9 Å². The molecule has 0 saturated heterocycles. The molecule has 1 aliphatic heterocycles. The summed E-state index contributed by atoms with van der Waals surface area (Å²) in [6.07, 6.45) is -0.595. The molecule has 3 aromatic carbocycles. The molecule has 236 valence electrons. The van der Waals surface area contributed by atoms with E-state index in [0.29, 0.717) is 29.3 Å². The minimum Gasteiger partial charge on any atom is -0.497 e. The number of anilines is 2. The molecular formula is C32H40N4O7S. The van der Waals surface area contributed by atoms with Gasteiger partial charge in [-0.05, 0) is 68.4 Å². The zero-order valence-electron chi connectivity index (χ0n) is 25.6. The van der Waals surface area contributed by atoms with E-state index in [4.69, 9.17) is 9.47 Å². The third kappa shape index (κ3) is 8.00. The largest absolute Gasteiger partial charge is 0.497 e. The van der Waals surface area contributed by atoms with E-state index in [9.17, 15) is 23.1 Å². The highest BCUT2D eigenvalue weighted by Crippen LogP contribution is 2.30. The van der Waals surface area contributed by atoms with E-state index in [1.165, 1.54) is 17.0 Å². The molecule has 1 aliphatic rings. The van der Waals surface area contributed by atoms with Crippen molar-refractivity contribution in [3.63, 3.8) is 0 Å². The smallest absolute Gasteiger partial charge is 0.321 e. The Bertz CT molecular complexity index is 1560. The highest BCUT2D eigenvalue weighted by Gasteiger charge is 2.32. The van der Waals surface area contributed by atoms with Crippen LogP contribution in [0, 0.1) is 12.8 Å². The van der Waals surface area contributed by atoms with Gasteiger partial charge in [-0.15, -0.1) is 0 Å². The van der Waals surface area contributed by atoms with E-state index >= 15 is 0 Å². The van der Waals surface area contributed by atoms with Gasteiger partial charge in [0.1, 0.15) is 17.6 Å². The summed E-state index contributed by atoms with van der Waals surface area (Å²) in [6, 6.07) is 17.5. The van der Waals surface area contributed by atoms with Gasteiger partial charge in [-0.25, -0.2) is 13.2 Å². The maximum atomic E-state index is 13.5. The second kappa shape index (κ2) is 14.0. The van der Waals surface area contributed by atoms with E-state index in [2.05, 4.69) is 10.0 Å². The van der Waals surface area contributed by atoms with Crippen molar-refractivity contribution in [3.8, 4) is 11.5 Å². The summed E-state index contributed by atoms with van der Waals surface area (Å²) in [6.45, 7) is 5.83. The molecule has 0 aliphatic carbocycles. The zero-order valence-corrected chi connectivity index (χ0v) is 26.4. The third-order valence-electron chi connectivity index (χ3n) is 7.64. The Labute approximate surface area is 258 Å². The summed E-state index contributed by atoms with van der Waals surface area (Å²) in [4.78, 5) is 29.8. The number of ether oxygens (including phenoxy) is 2. The van der Waals surface area contributed by atoms with E-state index < -0.39 is 22.2 Å². The number of aliphatic hydroxyl groups excluding tert-OH is 1. The molecule has 3 amide bonds. The molecule has 3 N–H and O–H groups in total. The number of methoxy groups -OCH3 is 1. The van der Waals surface area contributed by atoms with Crippen LogP contribution in [0.3, 0.4) is 0 Å². The molecule has 0 spiro atoms. The summed E-state index contributed by atoms with van der Waals surface area (Å²) in [7, 11) is -0.649. The van der Waals surface area contributed by atoms with Crippen LogP contribution >= 0.6 is 0 Å². The lowest BCUT2D eigenvalue weighted by atomic mass is 10.0. The van der Waals surface area contributed by atoms with Gasteiger partial charge in [0, 0.05) is 36.4 Å². The van der Waals surface area contributed by atoms with Gasteiger partial charge in [0.2, 0.25) is 5.91 Å². The Balaban J connectivity index is 1.60. The second-order valence-electron chi connectivity index (χ2n) is 11.2. The lowest BCUT2D eigenvalue weighted by Crippen LogP contribution is -2.48. The number of amides is 3. The molecule has 0 bridgehead atoms. The number of rotatable bonds is 9. The van der Waals surface area contributed by atoms with E-state index in [1.807, 2.05) is 13.8 Å². The standard InChI is InChI=1S/C32H40N4O7S/c1-21-6-13-28(14-7-21)44(40,41)34-26-10-15-29-24(16-26)17-31(38)36(23(3)20-37)18-22(2)30(43-29)19-35(4)32(39)33-25-8-11-27(42-5)12-9-25/h6-16,22-23,30,34,37H,17-20H2,1-5H3,(H,33,39)/t22-,23-,30+/m1/s1. The van der Waals surface area contributed by atoms with Crippen molar-refractivity contribution in [1.29, 1.82) is 0 Å². The normalized spacial score (nSPS) is 17.7. The quantitative estimate of drug-likeness (QED) is 0.326. The number of hydrogen-bond acceptors (Lipinski definition) is 7. The van der Waals surface area contributed by atoms with Crippen molar-refractivity contribution in [2.45, 2.75) is 44.2 Å². The Morgan fingerprint density at radius 2 is 1.77 bits per heavy atom. The van der Waals surface area contributed by atoms with Crippen LogP contribution in [0.2, 0.25) is 0 Å². The number of benzene rings is 3. The Kier molecular flexibility index (Phi) is 10.4. The first-order valence-electron chi connectivity index (χ1n) is 14.4. The number of nitrogens with one attached hydrogen (secondary N) is 2. The van der Waals surface area contributed by atoms with Crippen LogP contribution in [0.1, 0.15) is 25.0 Å². The molecule has 0 saturated carbocycles. The Morgan fingerprint density at radius 1 is 1.11 bits per heavy atom. The number of urea groups is 1. The van der Waals surface area contributed by atoms with Crippen LogP contribution in [0.4, 0.5) is 16.2 Å². The number of hydrogen-bond donors (Lipinski definition) is 3. The first-order chi connectivity index (χ1) is 20.9. The maximum absolute atomic E-state index is 13.5. The molecule has 44 heavy (non-hydrogen) atoms. The fourth-order valence-electron chi connectivity index (χ4n) is 4.89. The average Bonchev–Trinajstić information content (AvgIpc) is 3.04. The van der Waals surface area contributed by atoms with E-state index in [1.54, 1.807) is 80.6 Å². The topological polar surface area (TPSA) is 138 Å². The van der Waals surface area contributed by atoms with Crippen LogP contribution in [0.15, 0.2) is 71.6 Å². The molecular weight excluding hydrogens is 584 g/mol. The number of aryl methyl sites for hydroxylation is 1. The van der Waals surface area contributed by atoms with Crippen molar-refractivity contribution in [1.82, 2.24) is 9.80 Å². The molecule has 0 aromatic heterocycles. The van der Waals surface area contributed by atoms with Crippen LogP contribution in [-0.4, -0.2) is 81.3 Å². The zero-order chi connectivity index (χ0) is 32.0. The molecule has 3 aromatic rings. The summed E-state index contributed by atoms with van der Waals surface area (Å²) in [5.74, 6) is 0.629. The second-order valence-corrected chi connectivity index (χ2v) is 12.9. The predicted molar refractivity (Wildman–Crippen MR) is 169 cm³/mol. The number of carbonyl (C=O) groups excluding carboxylic acids is 2. The number of nitrogens with zero attached hydrogens (tertiary/aromatic N) is 2. The van der Waals surface area contributed by atoms with Crippen molar-refractivity contribution >= 4 is 33.3 Å². The highest BCUT2D eigenvalue weighted by atomic mass is 32.2. The summed E-state index contributed by atoms with van der Waals surface area (Å²) >= 11 is 0. The molecule has 12 heteroatoms. The molecule has 3 atom stereocenters. The number of carbonyl (C=O) groups is 2. The fourth-order valence-corrected chi connectivity index (χ4v) is 5.94. The lowest BCUT2D eigenvalue weighted by molar-refractivity contribution is -0.134. The number of fused-ring (bicyclic) bond motifs is 1. The first-order valence-corrected chi connectivity index (χ1v) is 15.8. The molecule has 0 radical (unpaired) electrons. The molecule has 11 nitrogen and oxygen atoms in total.